The largest absolute Gasteiger partial charge is 0.478 e. The Balaban J connectivity index is 2.62. The molecule has 90 valence electrons. The van der Waals surface area contributed by atoms with E-state index in [0.29, 0.717) is 12.8 Å². The molecular weight excluding hydrogens is 218 g/mol. The fourth-order valence-electron chi connectivity index (χ4n) is 1.34. The summed E-state index contributed by atoms with van der Waals surface area (Å²) >= 11 is 0. The maximum atomic E-state index is 10.9. The number of rotatable bonds is 6. The van der Waals surface area contributed by atoms with Crippen LogP contribution in [0.5, 0.6) is 0 Å². The number of nitrogens with one attached hydrogen (secondary N) is 1. The number of carboxylic acid groups (broad SMARTS) is 1. The smallest absolute Gasteiger partial charge is 0.333 e. The third-order valence-electron chi connectivity index (χ3n) is 2.35. The van der Waals surface area contributed by atoms with Gasteiger partial charge in [-0.3, -0.25) is 0 Å². The summed E-state index contributed by atoms with van der Waals surface area (Å²) in [6.45, 7) is 2.08. The highest BCUT2D eigenvalue weighted by Gasteiger charge is 2.14. The molecule has 1 atom stereocenters. The minimum absolute atomic E-state index is 0.0657. The van der Waals surface area contributed by atoms with Crippen molar-refractivity contribution in [1.82, 2.24) is 5.32 Å². The molecule has 0 bridgehead atoms. The molecule has 4 heteroatoms. The Labute approximate surface area is 100.0 Å². The molecule has 0 spiro atoms. The van der Waals surface area contributed by atoms with Crippen LogP contribution in [0.3, 0.4) is 0 Å². The Hall–Kier alpha value is -2.10. The summed E-state index contributed by atoms with van der Waals surface area (Å²) in [5, 5.41) is 11.8. The predicted molar refractivity (Wildman–Crippen MR) is 64.2 cm³/mol. The van der Waals surface area contributed by atoms with Crippen molar-refractivity contribution in [2.45, 2.75) is 13.5 Å². The molecule has 0 unspecified atom stereocenters. The van der Waals surface area contributed by atoms with Crippen molar-refractivity contribution in [3.8, 4) is 0 Å². The van der Waals surface area contributed by atoms with Crippen LogP contribution in [0.2, 0.25) is 0 Å². The van der Waals surface area contributed by atoms with Gasteiger partial charge in [0.05, 0.1) is 5.57 Å². The SMILES string of the molecule is C[C@H](C=O)C(=CNCc1ccccc1)C(=O)O. The van der Waals surface area contributed by atoms with Crippen LogP contribution in [0.1, 0.15) is 12.5 Å². The average molecular weight is 233 g/mol. The van der Waals surface area contributed by atoms with Crippen molar-refractivity contribution in [3.63, 3.8) is 0 Å². The van der Waals surface area contributed by atoms with Crippen LogP contribution in [-0.4, -0.2) is 17.4 Å². The molecule has 2 N–H and O–H groups in total. The molecule has 0 aliphatic carbocycles. The molecule has 0 amide bonds. The summed E-state index contributed by atoms with van der Waals surface area (Å²) < 4.78 is 0. The molecule has 1 aromatic rings. The minimum atomic E-state index is -1.08. The first-order valence-electron chi connectivity index (χ1n) is 5.31. The summed E-state index contributed by atoms with van der Waals surface area (Å²) in [5.74, 6) is -1.69. The maximum absolute atomic E-state index is 10.9. The van der Waals surface area contributed by atoms with Gasteiger partial charge in [0, 0.05) is 18.7 Å². The summed E-state index contributed by atoms with van der Waals surface area (Å²) in [6.07, 6.45) is 2.00. The van der Waals surface area contributed by atoms with Crippen LogP contribution in [-0.2, 0) is 16.1 Å². The monoisotopic (exact) mass is 233 g/mol. The highest BCUT2D eigenvalue weighted by Crippen LogP contribution is 2.07. The van der Waals surface area contributed by atoms with Crippen LogP contribution in [0.25, 0.3) is 0 Å². The van der Waals surface area contributed by atoms with E-state index in [1.165, 1.54) is 6.20 Å². The van der Waals surface area contributed by atoms with Crippen molar-refractivity contribution in [1.29, 1.82) is 0 Å². The lowest BCUT2D eigenvalue weighted by Crippen LogP contribution is -2.15. The van der Waals surface area contributed by atoms with Gasteiger partial charge in [-0.05, 0) is 5.56 Å². The van der Waals surface area contributed by atoms with E-state index in [2.05, 4.69) is 5.32 Å². The highest BCUT2D eigenvalue weighted by atomic mass is 16.4. The molecular formula is C13H15NO3. The molecule has 0 aliphatic rings. The second-order valence-corrected chi connectivity index (χ2v) is 3.70. The van der Waals surface area contributed by atoms with Gasteiger partial charge in [0.2, 0.25) is 0 Å². The number of hydrogen-bond acceptors (Lipinski definition) is 3. The van der Waals surface area contributed by atoms with Gasteiger partial charge in [-0.15, -0.1) is 0 Å². The molecule has 1 rings (SSSR count). The van der Waals surface area contributed by atoms with Crippen molar-refractivity contribution in [2.24, 2.45) is 5.92 Å². The Morgan fingerprint density at radius 2 is 2.06 bits per heavy atom. The third kappa shape index (κ3) is 4.10. The Bertz CT molecular complexity index is 412. The maximum Gasteiger partial charge on any atom is 0.333 e. The van der Waals surface area contributed by atoms with Crippen LogP contribution < -0.4 is 5.32 Å². The van der Waals surface area contributed by atoms with Crippen LogP contribution >= 0.6 is 0 Å². The second kappa shape index (κ2) is 6.48. The Morgan fingerprint density at radius 1 is 1.41 bits per heavy atom. The first-order valence-corrected chi connectivity index (χ1v) is 5.31. The zero-order valence-corrected chi connectivity index (χ0v) is 9.59. The predicted octanol–water partition coefficient (Wildman–Crippen LogP) is 1.58. The van der Waals surface area contributed by atoms with Crippen molar-refractivity contribution < 1.29 is 14.7 Å². The fourth-order valence-corrected chi connectivity index (χ4v) is 1.34. The van der Waals surface area contributed by atoms with Gasteiger partial charge in [-0.2, -0.15) is 0 Å². The van der Waals surface area contributed by atoms with E-state index >= 15 is 0 Å². The molecule has 0 saturated carbocycles. The first-order chi connectivity index (χ1) is 8.15. The lowest BCUT2D eigenvalue weighted by molar-refractivity contribution is -0.134. The molecule has 17 heavy (non-hydrogen) atoms. The summed E-state index contributed by atoms with van der Waals surface area (Å²) in [5.41, 5.74) is 1.11. The lowest BCUT2D eigenvalue weighted by Gasteiger charge is -2.06. The molecule has 0 heterocycles. The van der Waals surface area contributed by atoms with Gasteiger partial charge in [-0.25, -0.2) is 4.79 Å². The topological polar surface area (TPSA) is 66.4 Å². The average Bonchev–Trinajstić information content (AvgIpc) is 2.34. The standard InChI is InChI=1S/C13H15NO3/c1-10(9-15)12(13(16)17)8-14-7-11-5-3-2-4-6-11/h2-6,8-10,14H,7H2,1H3,(H,16,17)/t10-/m1/s1. The zero-order valence-electron chi connectivity index (χ0n) is 9.59. The Morgan fingerprint density at radius 3 is 2.59 bits per heavy atom. The van der Waals surface area contributed by atoms with E-state index in [4.69, 9.17) is 5.11 Å². The fraction of sp³-hybridized carbons (Fsp3) is 0.231. The van der Waals surface area contributed by atoms with Crippen molar-refractivity contribution in [2.75, 3.05) is 0 Å². The molecule has 0 fully saturated rings. The van der Waals surface area contributed by atoms with Gasteiger partial charge < -0.3 is 15.2 Å². The van der Waals surface area contributed by atoms with E-state index in [1.807, 2.05) is 30.3 Å². The second-order valence-electron chi connectivity index (χ2n) is 3.70. The normalized spacial score (nSPS) is 12.9. The van der Waals surface area contributed by atoms with Crippen LogP contribution in [0.15, 0.2) is 42.1 Å². The number of carboxylic acids is 1. The number of aliphatic carboxylic acids is 1. The van der Waals surface area contributed by atoms with Gasteiger partial charge in [0.25, 0.3) is 0 Å². The molecule has 0 radical (unpaired) electrons. The number of hydrogen-bond donors (Lipinski definition) is 2. The molecule has 0 aliphatic heterocycles. The van der Waals surface area contributed by atoms with E-state index in [1.54, 1.807) is 6.92 Å². The van der Waals surface area contributed by atoms with E-state index < -0.39 is 11.9 Å². The quantitative estimate of drug-likeness (QED) is 0.578. The highest BCUT2D eigenvalue weighted by molar-refractivity contribution is 5.90. The summed E-state index contributed by atoms with van der Waals surface area (Å²) in [7, 11) is 0. The number of carbonyl (C=O) groups is 2. The summed E-state index contributed by atoms with van der Waals surface area (Å²) in [4.78, 5) is 21.4. The van der Waals surface area contributed by atoms with Crippen LogP contribution in [0.4, 0.5) is 0 Å². The van der Waals surface area contributed by atoms with E-state index in [-0.39, 0.29) is 5.57 Å². The van der Waals surface area contributed by atoms with Crippen molar-refractivity contribution in [3.05, 3.63) is 47.7 Å². The molecule has 1 aromatic carbocycles. The number of aldehydes is 1. The minimum Gasteiger partial charge on any atom is -0.478 e. The van der Waals surface area contributed by atoms with E-state index in [9.17, 15) is 9.59 Å². The summed E-state index contributed by atoms with van der Waals surface area (Å²) in [6, 6.07) is 9.60. The number of carbonyl (C=O) groups excluding carboxylic acids is 1. The van der Waals surface area contributed by atoms with Gasteiger partial charge in [-0.1, -0.05) is 37.3 Å². The van der Waals surface area contributed by atoms with E-state index in [0.717, 1.165) is 5.56 Å². The van der Waals surface area contributed by atoms with Gasteiger partial charge >= 0.3 is 5.97 Å². The Kier molecular flexibility index (Phi) is 4.94. The molecule has 0 aromatic heterocycles. The number of benzene rings is 1. The third-order valence-corrected chi connectivity index (χ3v) is 2.35. The zero-order chi connectivity index (χ0) is 12.7. The van der Waals surface area contributed by atoms with Gasteiger partial charge in [0.1, 0.15) is 6.29 Å². The van der Waals surface area contributed by atoms with Crippen molar-refractivity contribution >= 4 is 12.3 Å². The first kappa shape index (κ1) is 13.0. The lowest BCUT2D eigenvalue weighted by atomic mass is 10.0. The molecule has 0 saturated heterocycles. The molecule has 4 nitrogen and oxygen atoms in total. The van der Waals surface area contributed by atoms with Gasteiger partial charge in [0.15, 0.2) is 0 Å². The van der Waals surface area contributed by atoms with Crippen LogP contribution in [0, 0.1) is 5.92 Å².